The molecule has 0 aliphatic heterocycles. The van der Waals surface area contributed by atoms with E-state index in [1.165, 1.54) is 11.3 Å². The number of ketones is 1. The van der Waals surface area contributed by atoms with Gasteiger partial charge in [-0.15, -0.1) is 11.3 Å². The normalized spacial score (nSPS) is 10.5. The molecule has 1 heterocycles. The number of aromatic nitrogens is 1. The Balaban J connectivity index is 2.47. The Kier molecular flexibility index (Phi) is 3.31. The van der Waals surface area contributed by atoms with Crippen molar-refractivity contribution in [2.75, 3.05) is 5.73 Å². The van der Waals surface area contributed by atoms with Crippen molar-refractivity contribution in [2.45, 2.75) is 13.8 Å². The van der Waals surface area contributed by atoms with Crippen LogP contribution in [0.25, 0.3) is 0 Å². The minimum absolute atomic E-state index is 0.0139. The zero-order valence-electron chi connectivity index (χ0n) is 9.45. The molecule has 88 valence electrons. The van der Waals surface area contributed by atoms with E-state index in [0.717, 1.165) is 10.7 Å². The number of nitrogens with zero attached hydrogens (tertiary/aromatic N) is 1. The molecular formula is C12H11BrN2OS. The lowest BCUT2D eigenvalue weighted by molar-refractivity contribution is 0.104. The Morgan fingerprint density at radius 2 is 2.12 bits per heavy atom. The van der Waals surface area contributed by atoms with Crippen molar-refractivity contribution in [1.29, 1.82) is 0 Å². The molecule has 0 aliphatic carbocycles. The number of benzene rings is 1. The molecule has 2 N–H and O–H groups in total. The molecule has 0 radical (unpaired) electrons. The lowest BCUT2D eigenvalue weighted by Gasteiger charge is -2.03. The molecule has 1 aromatic carbocycles. The molecule has 0 spiro atoms. The molecule has 0 aliphatic rings. The van der Waals surface area contributed by atoms with Gasteiger partial charge in [-0.05, 0) is 48.0 Å². The first-order chi connectivity index (χ1) is 7.99. The van der Waals surface area contributed by atoms with E-state index in [4.69, 9.17) is 5.73 Å². The molecule has 0 saturated heterocycles. The van der Waals surface area contributed by atoms with Crippen LogP contribution in [0.2, 0.25) is 0 Å². The van der Waals surface area contributed by atoms with E-state index in [1.807, 2.05) is 13.8 Å². The molecule has 5 heteroatoms. The van der Waals surface area contributed by atoms with Gasteiger partial charge in [0.05, 0.1) is 15.6 Å². The fourth-order valence-electron chi connectivity index (χ4n) is 1.58. The Labute approximate surface area is 112 Å². The highest BCUT2D eigenvalue weighted by molar-refractivity contribution is 9.10. The Hall–Kier alpha value is -1.20. The second-order valence-electron chi connectivity index (χ2n) is 3.72. The van der Waals surface area contributed by atoms with Gasteiger partial charge in [0.1, 0.15) is 0 Å². The molecule has 0 bridgehead atoms. The summed E-state index contributed by atoms with van der Waals surface area (Å²) < 4.78 is 0.716. The highest BCUT2D eigenvalue weighted by Gasteiger charge is 2.18. The summed E-state index contributed by atoms with van der Waals surface area (Å²) in [6, 6.07) is 5.19. The average molecular weight is 311 g/mol. The number of carbonyl (C=O) groups excluding carboxylic acids is 1. The summed E-state index contributed by atoms with van der Waals surface area (Å²) in [5.41, 5.74) is 7.68. The second kappa shape index (κ2) is 4.58. The van der Waals surface area contributed by atoms with Crippen molar-refractivity contribution in [3.8, 4) is 0 Å². The van der Waals surface area contributed by atoms with E-state index < -0.39 is 0 Å². The SMILES string of the molecule is Cc1nc(C)c(C(=O)c2ccc(N)cc2Br)s1. The molecule has 2 aromatic rings. The van der Waals surface area contributed by atoms with Gasteiger partial charge in [-0.2, -0.15) is 0 Å². The van der Waals surface area contributed by atoms with Crippen molar-refractivity contribution in [2.24, 2.45) is 0 Å². The Bertz CT molecular complexity index is 592. The maximum Gasteiger partial charge on any atom is 0.205 e. The summed E-state index contributed by atoms with van der Waals surface area (Å²) in [6.07, 6.45) is 0. The predicted molar refractivity (Wildman–Crippen MR) is 73.6 cm³/mol. The second-order valence-corrected chi connectivity index (χ2v) is 5.77. The van der Waals surface area contributed by atoms with E-state index >= 15 is 0 Å². The van der Waals surface area contributed by atoms with Crippen LogP contribution in [0.15, 0.2) is 22.7 Å². The standard InChI is InChI=1S/C12H11BrN2OS/c1-6-12(17-7(2)15-6)11(16)9-4-3-8(14)5-10(9)13/h3-5H,14H2,1-2H3. The van der Waals surface area contributed by atoms with Crippen LogP contribution in [0.3, 0.4) is 0 Å². The third-order valence-electron chi connectivity index (χ3n) is 2.35. The number of halogens is 1. The third kappa shape index (κ3) is 2.40. The van der Waals surface area contributed by atoms with Crippen LogP contribution < -0.4 is 5.73 Å². The molecule has 3 nitrogen and oxygen atoms in total. The highest BCUT2D eigenvalue weighted by atomic mass is 79.9. The lowest BCUT2D eigenvalue weighted by Crippen LogP contribution is -2.02. The first kappa shape index (κ1) is 12.3. The van der Waals surface area contributed by atoms with Crippen LogP contribution in [0.5, 0.6) is 0 Å². The molecule has 17 heavy (non-hydrogen) atoms. The van der Waals surface area contributed by atoms with Crippen LogP contribution in [-0.4, -0.2) is 10.8 Å². The van der Waals surface area contributed by atoms with E-state index in [1.54, 1.807) is 18.2 Å². The summed E-state index contributed by atoms with van der Waals surface area (Å²) in [5, 5.41) is 0.900. The minimum Gasteiger partial charge on any atom is -0.399 e. The van der Waals surface area contributed by atoms with Crippen LogP contribution in [-0.2, 0) is 0 Å². The van der Waals surface area contributed by atoms with Crippen LogP contribution >= 0.6 is 27.3 Å². The fraction of sp³-hybridized carbons (Fsp3) is 0.167. The predicted octanol–water partition coefficient (Wildman–Crippen LogP) is 3.34. The Morgan fingerprint density at radius 3 is 2.65 bits per heavy atom. The number of rotatable bonds is 2. The molecule has 0 saturated carbocycles. The number of aryl methyl sites for hydroxylation is 2. The van der Waals surface area contributed by atoms with Gasteiger partial charge in [-0.3, -0.25) is 4.79 Å². The van der Waals surface area contributed by atoms with E-state index in [0.29, 0.717) is 20.6 Å². The van der Waals surface area contributed by atoms with Gasteiger partial charge in [0, 0.05) is 15.7 Å². The van der Waals surface area contributed by atoms with Gasteiger partial charge in [-0.25, -0.2) is 4.98 Å². The maximum atomic E-state index is 12.3. The summed E-state index contributed by atoms with van der Waals surface area (Å²) >= 11 is 4.78. The number of thiazole rings is 1. The minimum atomic E-state index is -0.0139. The average Bonchev–Trinajstić information content (AvgIpc) is 2.57. The first-order valence-corrected chi connectivity index (χ1v) is 6.63. The van der Waals surface area contributed by atoms with Gasteiger partial charge >= 0.3 is 0 Å². The van der Waals surface area contributed by atoms with E-state index in [-0.39, 0.29) is 5.78 Å². The fourth-order valence-corrected chi connectivity index (χ4v) is 3.03. The van der Waals surface area contributed by atoms with Crippen LogP contribution in [0.4, 0.5) is 5.69 Å². The zero-order chi connectivity index (χ0) is 12.6. The molecule has 0 atom stereocenters. The monoisotopic (exact) mass is 310 g/mol. The summed E-state index contributed by atoms with van der Waals surface area (Å²) in [6.45, 7) is 3.74. The summed E-state index contributed by atoms with van der Waals surface area (Å²) in [7, 11) is 0. The van der Waals surface area contributed by atoms with Gasteiger partial charge in [0.25, 0.3) is 0 Å². The molecule has 0 fully saturated rings. The van der Waals surface area contributed by atoms with Crippen molar-refractivity contribution in [3.63, 3.8) is 0 Å². The molecule has 0 amide bonds. The largest absolute Gasteiger partial charge is 0.399 e. The van der Waals surface area contributed by atoms with E-state index in [2.05, 4.69) is 20.9 Å². The quantitative estimate of drug-likeness (QED) is 0.683. The van der Waals surface area contributed by atoms with Crippen LogP contribution in [0, 0.1) is 13.8 Å². The van der Waals surface area contributed by atoms with Gasteiger partial charge in [-0.1, -0.05) is 0 Å². The third-order valence-corrected chi connectivity index (χ3v) is 4.08. The van der Waals surface area contributed by atoms with Crippen molar-refractivity contribution >= 4 is 38.7 Å². The highest BCUT2D eigenvalue weighted by Crippen LogP contribution is 2.26. The Morgan fingerprint density at radius 1 is 1.41 bits per heavy atom. The van der Waals surface area contributed by atoms with Gasteiger partial charge < -0.3 is 5.73 Å². The van der Waals surface area contributed by atoms with Crippen molar-refractivity contribution in [1.82, 2.24) is 4.98 Å². The maximum absolute atomic E-state index is 12.3. The van der Waals surface area contributed by atoms with E-state index in [9.17, 15) is 4.79 Å². The van der Waals surface area contributed by atoms with Gasteiger partial charge in [0.2, 0.25) is 5.78 Å². The van der Waals surface area contributed by atoms with Crippen molar-refractivity contribution in [3.05, 3.63) is 43.8 Å². The lowest BCUT2D eigenvalue weighted by atomic mass is 10.1. The summed E-state index contributed by atoms with van der Waals surface area (Å²) in [4.78, 5) is 17.3. The summed E-state index contributed by atoms with van der Waals surface area (Å²) in [5.74, 6) is -0.0139. The molecule has 2 rings (SSSR count). The number of anilines is 1. The molecular weight excluding hydrogens is 300 g/mol. The number of nitrogen functional groups attached to an aromatic ring is 1. The van der Waals surface area contributed by atoms with Crippen LogP contribution in [0.1, 0.15) is 25.9 Å². The number of carbonyl (C=O) groups is 1. The van der Waals surface area contributed by atoms with Crippen molar-refractivity contribution < 1.29 is 4.79 Å². The molecule has 0 unspecified atom stereocenters. The number of nitrogens with two attached hydrogens (primary N) is 1. The zero-order valence-corrected chi connectivity index (χ0v) is 11.9. The number of hydrogen-bond donors (Lipinski definition) is 1. The number of hydrogen-bond acceptors (Lipinski definition) is 4. The topological polar surface area (TPSA) is 56.0 Å². The molecule has 1 aromatic heterocycles. The van der Waals surface area contributed by atoms with Gasteiger partial charge in [0.15, 0.2) is 0 Å². The smallest absolute Gasteiger partial charge is 0.205 e. The first-order valence-electron chi connectivity index (χ1n) is 5.03.